The van der Waals surface area contributed by atoms with Crippen molar-refractivity contribution in [2.45, 2.75) is 58.5 Å². The maximum atomic E-state index is 13.3. The van der Waals surface area contributed by atoms with E-state index in [1.54, 1.807) is 14.2 Å². The van der Waals surface area contributed by atoms with Gasteiger partial charge in [0.1, 0.15) is 11.5 Å². The second-order valence-electron chi connectivity index (χ2n) is 8.93. The van der Waals surface area contributed by atoms with Gasteiger partial charge in [0.25, 0.3) is 0 Å². The Hall–Kier alpha value is -3.02. The van der Waals surface area contributed by atoms with Crippen LogP contribution in [0.3, 0.4) is 0 Å². The Balaban J connectivity index is 1.79. The first-order valence-electron chi connectivity index (χ1n) is 12.4. The van der Waals surface area contributed by atoms with E-state index in [1.165, 1.54) is 0 Å². The van der Waals surface area contributed by atoms with Crippen molar-refractivity contribution in [2.24, 2.45) is 5.92 Å². The average Bonchev–Trinajstić information content (AvgIpc) is 2.88. The van der Waals surface area contributed by atoms with Gasteiger partial charge in [0.05, 0.1) is 26.2 Å². The van der Waals surface area contributed by atoms with Gasteiger partial charge < -0.3 is 19.3 Å². The molecule has 2 aromatic carbocycles. The molecule has 2 aromatic rings. The van der Waals surface area contributed by atoms with Crippen LogP contribution in [0.25, 0.3) is 0 Å². The molecule has 34 heavy (non-hydrogen) atoms. The smallest absolute Gasteiger partial charge is 0.229 e. The lowest BCUT2D eigenvalue weighted by molar-refractivity contribution is -0.162. The van der Waals surface area contributed by atoms with E-state index in [0.29, 0.717) is 6.54 Å². The number of β-lactam (4-membered cyclic amide) rings is 1. The molecule has 2 amide bonds. The SMILES string of the molecule is CCCCN(CCCC)C(=O)C[C@H]1C(=O)N(Cc2ccc(OC)cc2)[C@@H]1c1ccc(OC)cc1. The fourth-order valence-corrected chi connectivity index (χ4v) is 4.51. The Morgan fingerprint density at radius 3 is 1.91 bits per heavy atom. The van der Waals surface area contributed by atoms with Crippen LogP contribution in [0.2, 0.25) is 0 Å². The van der Waals surface area contributed by atoms with Gasteiger partial charge in [-0.05, 0) is 48.2 Å². The maximum absolute atomic E-state index is 13.3. The van der Waals surface area contributed by atoms with Crippen molar-refractivity contribution in [3.63, 3.8) is 0 Å². The number of hydrogen-bond acceptors (Lipinski definition) is 4. The Morgan fingerprint density at radius 1 is 0.882 bits per heavy atom. The summed E-state index contributed by atoms with van der Waals surface area (Å²) in [4.78, 5) is 30.4. The monoisotopic (exact) mass is 466 g/mol. The Kier molecular flexibility index (Phi) is 9.37. The van der Waals surface area contributed by atoms with Crippen molar-refractivity contribution >= 4 is 11.8 Å². The van der Waals surface area contributed by atoms with Crippen LogP contribution in [0.4, 0.5) is 0 Å². The molecule has 0 spiro atoms. The summed E-state index contributed by atoms with van der Waals surface area (Å²) < 4.78 is 10.6. The molecule has 0 aromatic heterocycles. The van der Waals surface area contributed by atoms with E-state index in [0.717, 1.165) is 61.4 Å². The molecule has 0 saturated carbocycles. The molecule has 0 unspecified atom stereocenters. The molecule has 0 N–H and O–H groups in total. The first kappa shape index (κ1) is 25.6. The number of rotatable bonds is 13. The molecule has 0 radical (unpaired) electrons. The minimum absolute atomic E-state index is 0.0379. The second kappa shape index (κ2) is 12.4. The summed E-state index contributed by atoms with van der Waals surface area (Å²) in [5, 5.41) is 0. The van der Waals surface area contributed by atoms with Gasteiger partial charge in [-0.3, -0.25) is 9.59 Å². The van der Waals surface area contributed by atoms with Crippen LogP contribution in [0.15, 0.2) is 48.5 Å². The molecule has 6 nitrogen and oxygen atoms in total. The number of likely N-dealkylation sites (tertiary alicyclic amines) is 1. The molecule has 1 aliphatic heterocycles. The highest BCUT2D eigenvalue weighted by Crippen LogP contribution is 2.43. The van der Waals surface area contributed by atoms with E-state index in [2.05, 4.69) is 13.8 Å². The molecule has 6 heteroatoms. The van der Waals surface area contributed by atoms with E-state index >= 15 is 0 Å². The number of benzene rings is 2. The predicted molar refractivity (Wildman–Crippen MR) is 134 cm³/mol. The van der Waals surface area contributed by atoms with E-state index < -0.39 is 0 Å². The standard InChI is InChI=1S/C28H38N2O4/c1-5-7-17-29(18-8-6-2)26(31)19-25-27(22-11-15-24(34-4)16-12-22)30(28(25)32)20-21-9-13-23(33-3)14-10-21/h9-16,25,27H,5-8,17-20H2,1-4H3/t25-,27-/m1/s1. The molecule has 0 aliphatic carbocycles. The molecule has 0 bridgehead atoms. The van der Waals surface area contributed by atoms with Crippen molar-refractivity contribution < 1.29 is 19.1 Å². The average molecular weight is 467 g/mol. The normalized spacial score (nSPS) is 17.3. The number of carbonyl (C=O) groups is 2. The van der Waals surface area contributed by atoms with Crippen molar-refractivity contribution in [3.05, 3.63) is 59.7 Å². The Morgan fingerprint density at radius 2 is 1.41 bits per heavy atom. The molecule has 1 aliphatic rings. The zero-order chi connectivity index (χ0) is 24.5. The highest BCUT2D eigenvalue weighted by Gasteiger charge is 2.48. The van der Waals surface area contributed by atoms with Crippen molar-refractivity contribution in [1.82, 2.24) is 9.80 Å². The molecular weight excluding hydrogens is 428 g/mol. The van der Waals surface area contributed by atoms with Crippen LogP contribution in [0.5, 0.6) is 11.5 Å². The van der Waals surface area contributed by atoms with Gasteiger partial charge in [0.2, 0.25) is 11.8 Å². The minimum Gasteiger partial charge on any atom is -0.497 e. The quantitative estimate of drug-likeness (QED) is 0.380. The molecule has 1 fully saturated rings. The third-order valence-electron chi connectivity index (χ3n) is 6.60. The number of amides is 2. The molecule has 2 atom stereocenters. The van der Waals surface area contributed by atoms with E-state index in [9.17, 15) is 9.59 Å². The molecule has 3 rings (SSSR count). The zero-order valence-electron chi connectivity index (χ0n) is 21.0. The summed E-state index contributed by atoms with van der Waals surface area (Å²) in [6.45, 7) is 6.29. The second-order valence-corrected chi connectivity index (χ2v) is 8.93. The lowest BCUT2D eigenvalue weighted by Crippen LogP contribution is -2.55. The van der Waals surface area contributed by atoms with Gasteiger partial charge >= 0.3 is 0 Å². The first-order valence-corrected chi connectivity index (χ1v) is 12.4. The third-order valence-corrected chi connectivity index (χ3v) is 6.60. The topological polar surface area (TPSA) is 59.1 Å². The van der Waals surface area contributed by atoms with Gasteiger partial charge in [-0.1, -0.05) is 51.0 Å². The van der Waals surface area contributed by atoms with E-state index in [4.69, 9.17) is 9.47 Å². The number of hydrogen-bond donors (Lipinski definition) is 0. The lowest BCUT2D eigenvalue weighted by Gasteiger charge is -2.48. The van der Waals surface area contributed by atoms with Crippen LogP contribution >= 0.6 is 0 Å². The van der Waals surface area contributed by atoms with Crippen molar-refractivity contribution in [2.75, 3.05) is 27.3 Å². The molecule has 184 valence electrons. The summed E-state index contributed by atoms with van der Waals surface area (Å²) >= 11 is 0. The number of ether oxygens (including phenoxy) is 2. The van der Waals surface area contributed by atoms with Gasteiger partial charge in [0, 0.05) is 26.1 Å². The Bertz CT molecular complexity index is 918. The first-order chi connectivity index (χ1) is 16.5. The van der Waals surface area contributed by atoms with Gasteiger partial charge in [-0.25, -0.2) is 0 Å². The zero-order valence-corrected chi connectivity index (χ0v) is 21.0. The fraction of sp³-hybridized carbons (Fsp3) is 0.500. The summed E-state index contributed by atoms with van der Waals surface area (Å²) in [6, 6.07) is 15.5. The van der Waals surface area contributed by atoms with Crippen molar-refractivity contribution in [3.8, 4) is 11.5 Å². The molecule has 1 saturated heterocycles. The number of unbranched alkanes of at least 4 members (excludes halogenated alkanes) is 2. The number of nitrogens with zero attached hydrogens (tertiary/aromatic N) is 2. The Labute approximate surface area is 203 Å². The van der Waals surface area contributed by atoms with E-state index in [-0.39, 0.29) is 30.2 Å². The third kappa shape index (κ3) is 6.10. The predicted octanol–water partition coefficient (Wildman–Crippen LogP) is 5.22. The summed E-state index contributed by atoms with van der Waals surface area (Å²) in [7, 11) is 3.28. The highest BCUT2D eigenvalue weighted by atomic mass is 16.5. The van der Waals surface area contributed by atoms with Crippen LogP contribution in [0, 0.1) is 5.92 Å². The van der Waals surface area contributed by atoms with Gasteiger partial charge in [0.15, 0.2) is 0 Å². The summed E-state index contributed by atoms with van der Waals surface area (Å²) in [5.41, 5.74) is 2.06. The van der Waals surface area contributed by atoms with E-state index in [1.807, 2.05) is 58.3 Å². The number of carbonyl (C=O) groups excluding carboxylic acids is 2. The maximum Gasteiger partial charge on any atom is 0.229 e. The van der Waals surface area contributed by atoms with Crippen LogP contribution in [-0.2, 0) is 16.1 Å². The number of methoxy groups -OCH3 is 2. The lowest BCUT2D eigenvalue weighted by atomic mass is 9.79. The van der Waals surface area contributed by atoms with Crippen LogP contribution in [-0.4, -0.2) is 48.9 Å². The molecular formula is C28H38N2O4. The van der Waals surface area contributed by atoms with Gasteiger partial charge in [-0.15, -0.1) is 0 Å². The molecule has 1 heterocycles. The minimum atomic E-state index is -0.343. The van der Waals surface area contributed by atoms with Gasteiger partial charge in [-0.2, -0.15) is 0 Å². The largest absolute Gasteiger partial charge is 0.497 e. The van der Waals surface area contributed by atoms with Crippen molar-refractivity contribution in [1.29, 1.82) is 0 Å². The fourth-order valence-electron chi connectivity index (χ4n) is 4.51. The summed E-state index contributed by atoms with van der Waals surface area (Å²) in [5.74, 6) is 1.34. The van der Waals surface area contributed by atoms with Crippen LogP contribution in [0.1, 0.15) is 63.1 Å². The summed E-state index contributed by atoms with van der Waals surface area (Å²) in [6.07, 6.45) is 4.31. The van der Waals surface area contributed by atoms with Crippen LogP contribution < -0.4 is 9.47 Å². The highest BCUT2D eigenvalue weighted by molar-refractivity contribution is 5.91.